The van der Waals surface area contributed by atoms with Gasteiger partial charge in [-0.15, -0.1) is 0 Å². The highest BCUT2D eigenvalue weighted by Gasteiger charge is 2.23. The molecule has 9 rings (SSSR count). The lowest BCUT2D eigenvalue weighted by Gasteiger charge is -2.14. The molecule has 7 aromatic rings. The molecule has 0 unspecified atom stereocenters. The van der Waals surface area contributed by atoms with E-state index in [1.807, 2.05) is 48.6 Å². The minimum Gasteiger partial charge on any atom is -0.394 e. The second-order valence-electron chi connectivity index (χ2n) is 19.0. The standard InChI is InChI=1S/C60H58N8O12/c69-25-41(26-70)61-57(77)37-9-1-33(2-10-37)53-45-17-19-47(65-45)54(34-3-11-38(12-4-34)58(78)62-42(27-71)28-72)49-21-23-51(67-49)56(36-7-15-40(16-8-36)60(80)64-44(31-75)32-76)52-24-22-50(68-52)55(48-20-18-46(53)66-48)35-5-13-39(14-6-35)59(79)63-43(29-73)30-74/h1-24,41-44,65-66,69-76H,25-32H2,(H,61,77)(H,62,78)(H,63,79)(H,64,80). The molecule has 410 valence electrons. The van der Waals surface area contributed by atoms with E-state index in [1.165, 1.54) is 0 Å². The zero-order chi connectivity index (χ0) is 56.5. The molecule has 2 aliphatic rings. The normalized spacial score (nSPS) is 11.9. The molecule has 20 nitrogen and oxygen atoms in total. The van der Waals surface area contributed by atoms with Crippen LogP contribution in [0.3, 0.4) is 0 Å². The van der Waals surface area contributed by atoms with E-state index in [0.717, 1.165) is 0 Å². The van der Waals surface area contributed by atoms with Gasteiger partial charge in [0.1, 0.15) is 0 Å². The molecule has 5 heterocycles. The monoisotopic (exact) mass is 1080 g/mol. The van der Waals surface area contributed by atoms with Gasteiger partial charge in [-0.1, -0.05) is 48.5 Å². The molecule has 0 spiro atoms. The van der Waals surface area contributed by atoms with Gasteiger partial charge in [-0.3, -0.25) is 19.2 Å². The Hall–Kier alpha value is -8.96. The van der Waals surface area contributed by atoms with Gasteiger partial charge in [0.25, 0.3) is 23.6 Å². The van der Waals surface area contributed by atoms with E-state index in [-0.39, 0.29) is 22.3 Å². The molecule has 14 N–H and O–H groups in total. The lowest BCUT2D eigenvalue weighted by atomic mass is 10.0. The van der Waals surface area contributed by atoms with Gasteiger partial charge in [0.2, 0.25) is 0 Å². The summed E-state index contributed by atoms with van der Waals surface area (Å²) in [4.78, 5) is 70.8. The molecule has 20 heteroatoms. The summed E-state index contributed by atoms with van der Waals surface area (Å²) < 4.78 is 0. The van der Waals surface area contributed by atoms with Crippen LogP contribution in [-0.2, 0) is 0 Å². The summed E-state index contributed by atoms with van der Waals surface area (Å²) in [5.41, 5.74) is 10.8. The average Bonchev–Trinajstić information content (AvgIpc) is 4.36. The smallest absolute Gasteiger partial charge is 0.251 e. The molecule has 3 aromatic heterocycles. The predicted molar refractivity (Wildman–Crippen MR) is 302 cm³/mol. The molecule has 0 saturated carbocycles. The van der Waals surface area contributed by atoms with Crippen molar-refractivity contribution in [1.82, 2.24) is 41.2 Å². The van der Waals surface area contributed by atoms with E-state index < -0.39 is 101 Å². The summed E-state index contributed by atoms with van der Waals surface area (Å²) in [5.74, 6) is -2.00. The molecule has 4 amide bonds. The average molecular weight is 1080 g/mol. The zero-order valence-electron chi connectivity index (χ0n) is 42.9. The lowest BCUT2D eigenvalue weighted by Crippen LogP contribution is -2.40. The molecule has 80 heavy (non-hydrogen) atoms. The molecule has 8 bridgehead atoms. The number of benzene rings is 4. The largest absolute Gasteiger partial charge is 0.394 e. The van der Waals surface area contributed by atoms with E-state index in [9.17, 15) is 60.0 Å². The number of rotatable bonds is 20. The van der Waals surface area contributed by atoms with Crippen LogP contribution in [-0.4, -0.2) is 161 Å². The van der Waals surface area contributed by atoms with Crippen molar-refractivity contribution < 1.29 is 60.0 Å². The zero-order valence-corrected chi connectivity index (χ0v) is 42.9. The first-order chi connectivity index (χ1) is 38.9. The molecule has 2 aliphatic heterocycles. The molecule has 0 fully saturated rings. The molecular formula is C60H58N8O12. The number of fused-ring (bicyclic) bond motifs is 8. The van der Waals surface area contributed by atoms with Crippen LogP contribution < -0.4 is 21.3 Å². The highest BCUT2D eigenvalue weighted by Crippen LogP contribution is 2.39. The number of carbonyl (C=O) groups excluding carboxylic acids is 4. The molecule has 0 atom stereocenters. The number of aliphatic hydroxyl groups excluding tert-OH is 8. The number of hydrogen-bond donors (Lipinski definition) is 14. The summed E-state index contributed by atoms with van der Waals surface area (Å²) >= 11 is 0. The van der Waals surface area contributed by atoms with Gasteiger partial charge in [0.15, 0.2) is 0 Å². The van der Waals surface area contributed by atoms with Crippen molar-refractivity contribution in [3.8, 4) is 44.5 Å². The molecule has 0 saturated heterocycles. The van der Waals surface area contributed by atoms with Crippen molar-refractivity contribution in [2.45, 2.75) is 24.2 Å². The highest BCUT2D eigenvalue weighted by molar-refractivity contribution is 6.03. The van der Waals surface area contributed by atoms with Gasteiger partial charge in [-0.2, -0.15) is 0 Å². The Balaban J connectivity index is 1.31. The van der Waals surface area contributed by atoms with Crippen molar-refractivity contribution in [2.24, 2.45) is 0 Å². The van der Waals surface area contributed by atoms with Crippen LogP contribution in [0, 0.1) is 0 Å². The second-order valence-corrected chi connectivity index (χ2v) is 19.0. The van der Waals surface area contributed by atoms with Gasteiger partial charge in [-0.05, 0) is 119 Å². The summed E-state index contributed by atoms with van der Waals surface area (Å²) in [7, 11) is 0. The highest BCUT2D eigenvalue weighted by atomic mass is 16.3. The Morgan fingerprint density at radius 1 is 0.312 bits per heavy atom. The minimum atomic E-state index is -0.863. The fourth-order valence-electron chi connectivity index (χ4n) is 9.24. The van der Waals surface area contributed by atoms with E-state index in [2.05, 4.69) is 31.2 Å². The van der Waals surface area contributed by atoms with E-state index in [1.54, 1.807) is 97.1 Å². The van der Waals surface area contributed by atoms with E-state index >= 15 is 0 Å². The Bertz CT molecular complexity index is 3470. The molecule has 4 aromatic carbocycles. The first-order valence-corrected chi connectivity index (χ1v) is 25.6. The summed E-state index contributed by atoms with van der Waals surface area (Å²) in [6, 6.07) is 31.3. The Kier molecular flexibility index (Phi) is 17.6. The van der Waals surface area contributed by atoms with Crippen molar-refractivity contribution in [2.75, 3.05) is 52.9 Å². The Morgan fingerprint density at radius 3 is 0.775 bits per heavy atom. The first-order valence-electron chi connectivity index (χ1n) is 25.6. The predicted octanol–water partition coefficient (Wildman–Crippen LogP) is 3.66. The van der Waals surface area contributed by atoms with Crippen LogP contribution >= 0.6 is 0 Å². The van der Waals surface area contributed by atoms with Crippen LogP contribution in [0.5, 0.6) is 0 Å². The van der Waals surface area contributed by atoms with Crippen LogP contribution in [0.1, 0.15) is 64.2 Å². The fraction of sp³-hybridized carbons (Fsp3) is 0.200. The molecular weight excluding hydrogens is 1020 g/mol. The number of nitrogens with one attached hydrogen (secondary N) is 6. The van der Waals surface area contributed by atoms with Gasteiger partial charge in [-0.25, -0.2) is 9.97 Å². The number of aliphatic hydroxyl groups is 8. The topological polar surface area (TPSA) is 336 Å². The fourth-order valence-corrected chi connectivity index (χ4v) is 9.24. The third-order valence-corrected chi connectivity index (χ3v) is 13.6. The number of carbonyl (C=O) groups is 4. The Labute approximate surface area is 457 Å². The maximum Gasteiger partial charge on any atom is 0.251 e. The van der Waals surface area contributed by atoms with Crippen LogP contribution in [0.2, 0.25) is 0 Å². The third kappa shape index (κ3) is 12.0. The van der Waals surface area contributed by atoms with Crippen molar-refractivity contribution >= 4 is 70.0 Å². The van der Waals surface area contributed by atoms with Gasteiger partial charge < -0.3 is 72.1 Å². The van der Waals surface area contributed by atoms with Crippen molar-refractivity contribution in [1.29, 1.82) is 0 Å². The number of nitrogens with zero attached hydrogens (tertiary/aromatic N) is 2. The maximum absolute atomic E-state index is 13.2. The van der Waals surface area contributed by atoms with Crippen LogP contribution in [0.15, 0.2) is 121 Å². The Morgan fingerprint density at radius 2 is 0.525 bits per heavy atom. The molecule has 0 radical (unpaired) electrons. The second kappa shape index (κ2) is 25.2. The van der Waals surface area contributed by atoms with E-state index in [4.69, 9.17) is 9.97 Å². The number of amides is 4. The molecule has 0 aliphatic carbocycles. The number of aromatic amines is 2. The third-order valence-electron chi connectivity index (χ3n) is 13.6. The number of H-pyrrole nitrogens is 2. The van der Waals surface area contributed by atoms with Crippen LogP contribution in [0.4, 0.5) is 0 Å². The van der Waals surface area contributed by atoms with E-state index in [0.29, 0.717) is 89.4 Å². The van der Waals surface area contributed by atoms with Crippen LogP contribution in [0.25, 0.3) is 90.9 Å². The summed E-state index contributed by atoms with van der Waals surface area (Å²) in [5, 5.41) is 87.7. The first kappa shape index (κ1) is 55.8. The number of hydrogen-bond acceptors (Lipinski definition) is 14. The quantitative estimate of drug-likeness (QED) is 0.0518. The van der Waals surface area contributed by atoms with Gasteiger partial charge in [0.05, 0.1) is 99.8 Å². The summed E-state index contributed by atoms with van der Waals surface area (Å²) in [6.07, 6.45) is 7.41. The van der Waals surface area contributed by atoms with Crippen molar-refractivity contribution in [3.63, 3.8) is 0 Å². The van der Waals surface area contributed by atoms with Gasteiger partial charge >= 0.3 is 0 Å². The van der Waals surface area contributed by atoms with Crippen molar-refractivity contribution in [3.05, 3.63) is 166 Å². The number of aromatic nitrogens is 4. The van der Waals surface area contributed by atoms with Gasteiger partial charge in [0, 0.05) is 66.6 Å². The lowest BCUT2D eigenvalue weighted by molar-refractivity contribution is 0.0874. The summed E-state index contributed by atoms with van der Waals surface area (Å²) in [6.45, 7) is -3.66. The minimum absolute atomic E-state index is 0.269. The maximum atomic E-state index is 13.2. The SMILES string of the molecule is O=C(NC(CO)CO)c1ccc(-c2c3nc(c(-c4ccc(C(=O)NC(CO)CO)cc4)c4ccc([nH]4)c(-c4ccc(C(=O)NC(CO)CO)cc4)c4ccc([nH]4)c(-c4ccc(C(=O)NC(CO)CO)cc4)c4nc2C=C4)C=C3)cc1.